The van der Waals surface area contributed by atoms with Gasteiger partial charge in [-0.3, -0.25) is 9.36 Å². The molecule has 5 heteroatoms. The molecule has 2 N–H and O–H groups in total. The first-order valence-corrected chi connectivity index (χ1v) is 5.18. The van der Waals surface area contributed by atoms with Crippen molar-refractivity contribution in [2.45, 2.75) is 33.6 Å². The smallest absolute Gasteiger partial charge is 0.314 e. The molecule has 0 aromatic carbocycles. The van der Waals surface area contributed by atoms with E-state index >= 15 is 0 Å². The second kappa shape index (κ2) is 8.91. The van der Waals surface area contributed by atoms with Crippen LogP contribution in [-0.2, 0) is 9.36 Å². The lowest BCUT2D eigenvalue weighted by Crippen LogP contribution is -2.07. The zero-order valence-electron chi connectivity index (χ0n) is 7.70. The molecule has 0 aromatic heterocycles. The Balaban J connectivity index is 0. The summed E-state index contributed by atoms with van der Waals surface area (Å²) in [6.45, 7) is 5.77. The molecule has 0 spiro atoms. The molecule has 0 amide bonds. The molecule has 0 aliphatic heterocycles. The van der Waals surface area contributed by atoms with Gasteiger partial charge in [-0.05, 0) is 19.8 Å². The number of ketones is 1. The van der Waals surface area contributed by atoms with Gasteiger partial charge in [-0.2, -0.15) is 0 Å². The SMILES string of the molecule is CCC(CC)C(C)=O.O=[PH](O)O. The monoisotopic (exact) mass is 196 g/mol. The number of carbonyl (C=O) groups excluding carboxylic acids is 1. The van der Waals surface area contributed by atoms with Gasteiger partial charge in [-0.1, -0.05) is 13.8 Å². The number of hydrogen-bond donors (Lipinski definition) is 2. The Morgan fingerprint density at radius 3 is 1.58 bits per heavy atom. The Hall–Kier alpha value is -0.180. The summed E-state index contributed by atoms with van der Waals surface area (Å²) in [6, 6.07) is 0. The molecule has 0 bridgehead atoms. The molecule has 74 valence electrons. The maximum Gasteiger partial charge on any atom is 0.314 e. The first-order valence-electron chi connectivity index (χ1n) is 3.87. The van der Waals surface area contributed by atoms with E-state index in [0.29, 0.717) is 11.7 Å². The fraction of sp³-hybridized carbons (Fsp3) is 0.857. The predicted octanol–water partition coefficient (Wildman–Crippen LogP) is 1.37. The van der Waals surface area contributed by atoms with Gasteiger partial charge in [0.05, 0.1) is 0 Å². The lowest BCUT2D eigenvalue weighted by molar-refractivity contribution is -0.120. The van der Waals surface area contributed by atoms with E-state index in [-0.39, 0.29) is 0 Å². The van der Waals surface area contributed by atoms with E-state index in [4.69, 9.17) is 14.4 Å². The van der Waals surface area contributed by atoms with Crippen molar-refractivity contribution in [3.63, 3.8) is 0 Å². The molecule has 0 unspecified atom stereocenters. The number of rotatable bonds is 3. The molecule has 0 saturated heterocycles. The van der Waals surface area contributed by atoms with Crippen molar-refractivity contribution in [3.05, 3.63) is 0 Å². The first kappa shape index (κ1) is 14.3. The van der Waals surface area contributed by atoms with Crippen LogP contribution in [0.3, 0.4) is 0 Å². The van der Waals surface area contributed by atoms with E-state index < -0.39 is 8.25 Å². The molecule has 4 nitrogen and oxygen atoms in total. The Morgan fingerprint density at radius 1 is 1.33 bits per heavy atom. The van der Waals surface area contributed by atoms with E-state index in [2.05, 4.69) is 13.8 Å². The average Bonchev–Trinajstić information content (AvgIpc) is 1.87. The van der Waals surface area contributed by atoms with Crippen molar-refractivity contribution in [3.8, 4) is 0 Å². The van der Waals surface area contributed by atoms with Crippen molar-refractivity contribution < 1.29 is 19.1 Å². The Labute approximate surface area is 73.6 Å². The molecule has 0 aliphatic carbocycles. The van der Waals surface area contributed by atoms with Gasteiger partial charge in [0.1, 0.15) is 5.78 Å². The Morgan fingerprint density at radius 2 is 1.58 bits per heavy atom. The van der Waals surface area contributed by atoms with Gasteiger partial charge >= 0.3 is 8.25 Å². The first-order chi connectivity index (χ1) is 5.45. The highest BCUT2D eigenvalue weighted by Crippen LogP contribution is 2.07. The van der Waals surface area contributed by atoms with Crippen molar-refractivity contribution in [1.29, 1.82) is 0 Å². The summed E-state index contributed by atoms with van der Waals surface area (Å²) < 4.78 is 8.74. The van der Waals surface area contributed by atoms with E-state index in [0.717, 1.165) is 12.8 Å². The van der Waals surface area contributed by atoms with Crippen molar-refractivity contribution in [2.75, 3.05) is 0 Å². The van der Waals surface area contributed by atoms with Crippen LogP contribution in [0.15, 0.2) is 0 Å². The van der Waals surface area contributed by atoms with Crippen LogP contribution in [0, 0.1) is 5.92 Å². The lowest BCUT2D eigenvalue weighted by atomic mass is 10.00. The summed E-state index contributed by atoms with van der Waals surface area (Å²) in [7, 11) is -3.13. The van der Waals surface area contributed by atoms with E-state index in [1.807, 2.05) is 0 Å². The van der Waals surface area contributed by atoms with Crippen molar-refractivity contribution in [1.82, 2.24) is 0 Å². The molecule has 0 fully saturated rings. The second-order valence-electron chi connectivity index (χ2n) is 2.41. The summed E-state index contributed by atoms with van der Waals surface area (Å²) in [5.41, 5.74) is 0. The molecule has 12 heavy (non-hydrogen) atoms. The van der Waals surface area contributed by atoms with Crippen LogP contribution in [0.2, 0.25) is 0 Å². The summed E-state index contributed by atoms with van der Waals surface area (Å²) in [6.07, 6.45) is 1.98. The summed E-state index contributed by atoms with van der Waals surface area (Å²) in [4.78, 5) is 24.9. The van der Waals surface area contributed by atoms with E-state index in [9.17, 15) is 4.79 Å². The standard InChI is InChI=1S/C7H14O.H3O3P/c1-4-7(5-2)6(3)8;1-4(2)3/h7H,4-5H2,1-3H3;4H,(H2,1,2,3). The van der Waals surface area contributed by atoms with Gasteiger partial charge in [0.25, 0.3) is 0 Å². The topological polar surface area (TPSA) is 74.6 Å². The van der Waals surface area contributed by atoms with Crippen LogP contribution < -0.4 is 0 Å². The van der Waals surface area contributed by atoms with E-state index in [1.54, 1.807) is 6.92 Å². The van der Waals surface area contributed by atoms with Gasteiger partial charge in [0.2, 0.25) is 0 Å². The third kappa shape index (κ3) is 12.5. The van der Waals surface area contributed by atoms with Crippen LogP contribution in [0.5, 0.6) is 0 Å². The minimum Gasteiger partial charge on any atom is -0.326 e. The van der Waals surface area contributed by atoms with Crippen LogP contribution in [-0.4, -0.2) is 15.6 Å². The van der Waals surface area contributed by atoms with Crippen LogP contribution >= 0.6 is 8.25 Å². The minimum absolute atomic E-state index is 0.315. The largest absolute Gasteiger partial charge is 0.326 e. The third-order valence-corrected chi connectivity index (χ3v) is 1.56. The number of Topliss-reactive ketones (excluding diaryl/α,β-unsaturated/α-hetero) is 1. The molecular formula is C7H17O4P. The maximum absolute atomic E-state index is 10.6. The van der Waals surface area contributed by atoms with Crippen LogP contribution in [0.1, 0.15) is 33.6 Å². The van der Waals surface area contributed by atoms with Gasteiger partial charge in [0.15, 0.2) is 0 Å². The average molecular weight is 196 g/mol. The number of carbonyl (C=O) groups is 1. The normalized spacial score (nSPS) is 9.58. The summed E-state index contributed by atoms with van der Waals surface area (Å²) >= 11 is 0. The zero-order chi connectivity index (χ0) is 10.1. The molecule has 0 heterocycles. The Kier molecular flexibility index (Phi) is 10.7. The summed E-state index contributed by atoms with van der Waals surface area (Å²) in [5.74, 6) is 0.644. The predicted molar refractivity (Wildman–Crippen MR) is 48.2 cm³/mol. The fourth-order valence-corrected chi connectivity index (χ4v) is 0.864. The molecule has 0 radical (unpaired) electrons. The second-order valence-corrected chi connectivity index (χ2v) is 2.97. The molecule has 0 rings (SSSR count). The van der Waals surface area contributed by atoms with Gasteiger partial charge in [0, 0.05) is 5.92 Å². The minimum atomic E-state index is -3.13. The van der Waals surface area contributed by atoms with Crippen LogP contribution in [0.25, 0.3) is 0 Å². The molecule has 0 atom stereocenters. The summed E-state index contributed by atoms with van der Waals surface area (Å²) in [5, 5.41) is 0. The van der Waals surface area contributed by atoms with Crippen molar-refractivity contribution in [2.24, 2.45) is 5.92 Å². The molecule has 0 saturated carbocycles. The van der Waals surface area contributed by atoms with Gasteiger partial charge < -0.3 is 9.79 Å². The molecular weight excluding hydrogens is 179 g/mol. The van der Waals surface area contributed by atoms with Gasteiger partial charge in [-0.25, -0.2) is 0 Å². The van der Waals surface area contributed by atoms with Crippen molar-refractivity contribution >= 4 is 14.0 Å². The fourth-order valence-electron chi connectivity index (χ4n) is 0.864. The molecule has 0 aliphatic rings. The highest BCUT2D eigenvalue weighted by Gasteiger charge is 2.06. The maximum atomic E-state index is 10.6. The van der Waals surface area contributed by atoms with Gasteiger partial charge in [-0.15, -0.1) is 0 Å². The zero-order valence-corrected chi connectivity index (χ0v) is 8.70. The Bertz CT molecular complexity index is 138. The highest BCUT2D eigenvalue weighted by molar-refractivity contribution is 7.30. The third-order valence-electron chi connectivity index (χ3n) is 1.56. The number of hydrogen-bond acceptors (Lipinski definition) is 2. The molecule has 0 aromatic rings. The highest BCUT2D eigenvalue weighted by atomic mass is 31.1. The van der Waals surface area contributed by atoms with E-state index in [1.165, 1.54) is 0 Å². The van der Waals surface area contributed by atoms with Crippen LogP contribution in [0.4, 0.5) is 0 Å². The quantitative estimate of drug-likeness (QED) is 0.668. The lowest BCUT2D eigenvalue weighted by Gasteiger charge is -2.04.